The molecule has 0 spiro atoms. The topological polar surface area (TPSA) is 80.3 Å². The van der Waals surface area contributed by atoms with Crippen molar-refractivity contribution in [2.24, 2.45) is 0 Å². The monoisotopic (exact) mass is 510 g/mol. The predicted molar refractivity (Wildman–Crippen MR) is 149 cm³/mol. The summed E-state index contributed by atoms with van der Waals surface area (Å²) in [5.41, 5.74) is 5.48. The number of amides is 1. The molecular weight excluding hydrogens is 476 g/mol. The molecule has 0 radical (unpaired) electrons. The van der Waals surface area contributed by atoms with Gasteiger partial charge in [-0.3, -0.25) is 0 Å². The van der Waals surface area contributed by atoms with E-state index in [0.717, 1.165) is 53.2 Å². The first kappa shape index (κ1) is 25.5. The van der Waals surface area contributed by atoms with Crippen molar-refractivity contribution in [2.45, 2.75) is 52.2 Å². The summed E-state index contributed by atoms with van der Waals surface area (Å²) in [6.45, 7) is 7.54. The Hall–Kier alpha value is -4.13. The lowest BCUT2D eigenvalue weighted by Crippen LogP contribution is -2.37. The lowest BCUT2D eigenvalue weighted by atomic mass is 10.1. The summed E-state index contributed by atoms with van der Waals surface area (Å²) in [4.78, 5) is 27.2. The summed E-state index contributed by atoms with van der Waals surface area (Å²) in [6.07, 6.45) is 4.35. The number of carbonyl (C=O) groups excluding carboxylic acids is 1. The Labute approximate surface area is 223 Å². The van der Waals surface area contributed by atoms with Gasteiger partial charge in [0, 0.05) is 30.8 Å². The van der Waals surface area contributed by atoms with Crippen molar-refractivity contribution in [1.82, 2.24) is 19.9 Å². The van der Waals surface area contributed by atoms with Gasteiger partial charge in [0.2, 0.25) is 0 Å². The van der Waals surface area contributed by atoms with Crippen LogP contribution in [0.3, 0.4) is 0 Å². The zero-order chi connectivity index (χ0) is 26.5. The van der Waals surface area contributed by atoms with E-state index in [1.54, 1.807) is 4.90 Å². The van der Waals surface area contributed by atoms with Crippen LogP contribution in [0.15, 0.2) is 78.4 Å². The van der Waals surface area contributed by atoms with Crippen molar-refractivity contribution in [2.75, 3.05) is 13.1 Å². The smallest absolute Gasteiger partial charge is 0.410 e. The van der Waals surface area contributed by atoms with Crippen molar-refractivity contribution < 1.29 is 14.3 Å². The van der Waals surface area contributed by atoms with E-state index in [9.17, 15) is 4.79 Å². The summed E-state index contributed by atoms with van der Waals surface area (Å²) < 4.78 is 11.4. The number of ether oxygens (including phenoxy) is 2. The molecule has 0 fully saturated rings. The molecule has 0 saturated carbocycles. The maximum atomic E-state index is 12.5. The molecule has 5 rings (SSSR count). The van der Waals surface area contributed by atoms with Crippen LogP contribution in [0.5, 0.6) is 5.75 Å². The number of aromatic amines is 1. The summed E-state index contributed by atoms with van der Waals surface area (Å²) in [5, 5.41) is 0. The lowest BCUT2D eigenvalue weighted by molar-refractivity contribution is 0.0259. The molecule has 0 bridgehead atoms. The summed E-state index contributed by atoms with van der Waals surface area (Å²) in [5.74, 6) is 1.59. The van der Waals surface area contributed by atoms with Crippen molar-refractivity contribution >= 4 is 17.3 Å². The Bertz CT molecular complexity index is 1420. The molecule has 0 saturated heterocycles. The van der Waals surface area contributed by atoms with Gasteiger partial charge in [0.05, 0.1) is 5.52 Å². The van der Waals surface area contributed by atoms with Gasteiger partial charge in [-0.25, -0.2) is 14.8 Å². The van der Waals surface area contributed by atoms with Gasteiger partial charge in [-0.05, 0) is 75.6 Å². The minimum absolute atomic E-state index is 0.244. The number of rotatable bonds is 6. The molecule has 1 amide bonds. The fourth-order valence-corrected chi connectivity index (χ4v) is 4.44. The molecule has 4 aromatic rings. The van der Waals surface area contributed by atoms with E-state index in [0.29, 0.717) is 25.3 Å². The molecule has 1 N–H and O–H groups in total. The average molecular weight is 511 g/mol. The van der Waals surface area contributed by atoms with Gasteiger partial charge < -0.3 is 19.4 Å². The number of H-pyrrole nitrogens is 1. The van der Waals surface area contributed by atoms with E-state index in [1.165, 1.54) is 5.57 Å². The van der Waals surface area contributed by atoms with Crippen LogP contribution in [0.4, 0.5) is 4.79 Å². The van der Waals surface area contributed by atoms with Crippen LogP contribution in [0, 0.1) is 0 Å². The Morgan fingerprint density at radius 2 is 1.76 bits per heavy atom. The Kier molecular flexibility index (Phi) is 7.45. The second-order valence-corrected chi connectivity index (χ2v) is 10.6. The van der Waals surface area contributed by atoms with Crippen LogP contribution < -0.4 is 4.74 Å². The van der Waals surface area contributed by atoms with E-state index in [4.69, 9.17) is 19.4 Å². The third kappa shape index (κ3) is 6.59. The molecule has 1 aliphatic rings. The van der Waals surface area contributed by atoms with Gasteiger partial charge >= 0.3 is 6.09 Å². The number of pyridine rings is 1. The van der Waals surface area contributed by atoms with Crippen molar-refractivity contribution in [1.29, 1.82) is 0 Å². The quantitative estimate of drug-likeness (QED) is 0.292. The van der Waals surface area contributed by atoms with Crippen LogP contribution in [-0.2, 0) is 17.8 Å². The molecule has 38 heavy (non-hydrogen) atoms. The molecule has 7 heteroatoms. The van der Waals surface area contributed by atoms with Crippen molar-refractivity contribution in [3.63, 3.8) is 0 Å². The highest BCUT2D eigenvalue weighted by Crippen LogP contribution is 2.24. The van der Waals surface area contributed by atoms with Gasteiger partial charge in [0.25, 0.3) is 0 Å². The van der Waals surface area contributed by atoms with E-state index < -0.39 is 5.60 Å². The zero-order valence-corrected chi connectivity index (χ0v) is 22.2. The van der Waals surface area contributed by atoms with Gasteiger partial charge in [-0.15, -0.1) is 0 Å². The molecule has 2 aromatic carbocycles. The normalized spacial score (nSPS) is 14.2. The van der Waals surface area contributed by atoms with Gasteiger partial charge in [0.15, 0.2) is 5.65 Å². The highest BCUT2D eigenvalue weighted by atomic mass is 16.6. The molecule has 1 aliphatic heterocycles. The van der Waals surface area contributed by atoms with Crippen LogP contribution in [0.25, 0.3) is 22.6 Å². The average Bonchev–Trinajstić information content (AvgIpc) is 3.18. The summed E-state index contributed by atoms with van der Waals surface area (Å²) in [7, 11) is 0. The van der Waals surface area contributed by atoms with Crippen molar-refractivity contribution in [3.05, 3.63) is 89.6 Å². The second-order valence-electron chi connectivity index (χ2n) is 10.6. The Morgan fingerprint density at radius 3 is 2.53 bits per heavy atom. The molecule has 7 nitrogen and oxygen atoms in total. The zero-order valence-electron chi connectivity index (χ0n) is 22.2. The molecule has 2 aromatic heterocycles. The maximum Gasteiger partial charge on any atom is 0.410 e. The minimum Gasteiger partial charge on any atom is -0.489 e. The van der Waals surface area contributed by atoms with Gasteiger partial charge in [-0.2, -0.15) is 0 Å². The Morgan fingerprint density at radius 1 is 0.974 bits per heavy atom. The number of nitrogens with one attached hydrogen (secondary N) is 1. The van der Waals surface area contributed by atoms with Gasteiger partial charge in [-0.1, -0.05) is 42.0 Å². The van der Waals surface area contributed by atoms with Crippen molar-refractivity contribution in [3.8, 4) is 17.1 Å². The number of fused-ring (bicyclic) bond motifs is 1. The molecule has 196 valence electrons. The first-order chi connectivity index (χ1) is 18.3. The second kappa shape index (κ2) is 11.1. The molecule has 0 aliphatic carbocycles. The maximum absolute atomic E-state index is 12.5. The number of hydrogen-bond acceptors (Lipinski definition) is 5. The third-order valence-electron chi connectivity index (χ3n) is 6.37. The van der Waals surface area contributed by atoms with Crippen LogP contribution in [0.2, 0.25) is 0 Å². The van der Waals surface area contributed by atoms with E-state index in [1.807, 2.05) is 75.4 Å². The molecule has 0 unspecified atom stereocenters. The first-order valence-corrected chi connectivity index (χ1v) is 13.1. The number of aromatic nitrogens is 3. The highest BCUT2D eigenvalue weighted by Gasteiger charge is 2.23. The molecule has 0 atom stereocenters. The predicted octanol–water partition coefficient (Wildman–Crippen LogP) is 6.70. The Balaban J connectivity index is 1.21. The number of benzene rings is 2. The summed E-state index contributed by atoms with van der Waals surface area (Å²) >= 11 is 0. The van der Waals surface area contributed by atoms with E-state index in [-0.39, 0.29) is 6.09 Å². The molecule has 3 heterocycles. The van der Waals surface area contributed by atoms with E-state index in [2.05, 4.69) is 23.2 Å². The van der Waals surface area contributed by atoms with Crippen LogP contribution in [-0.4, -0.2) is 44.6 Å². The van der Waals surface area contributed by atoms with Crippen LogP contribution >= 0.6 is 0 Å². The lowest BCUT2D eigenvalue weighted by Gasteiger charge is -2.26. The number of nitrogens with zero attached hydrogens (tertiary/aromatic N) is 3. The van der Waals surface area contributed by atoms with Gasteiger partial charge in [0.1, 0.15) is 23.8 Å². The third-order valence-corrected chi connectivity index (χ3v) is 6.37. The SMILES string of the molecule is CC(C)(C)OC(=O)N1CCC=C(Cc2ccc3[nH]c(-c4ccc(OCc5ccccc5)cc4)nc3n2)CC1. The number of hydrogen-bond donors (Lipinski definition) is 1. The number of imidazole rings is 1. The largest absolute Gasteiger partial charge is 0.489 e. The fraction of sp³-hybridized carbons (Fsp3) is 0.323. The first-order valence-electron chi connectivity index (χ1n) is 13.1. The number of carbonyl (C=O) groups is 1. The minimum atomic E-state index is -0.487. The summed E-state index contributed by atoms with van der Waals surface area (Å²) in [6, 6.07) is 22.1. The highest BCUT2D eigenvalue weighted by molar-refractivity contribution is 5.76. The van der Waals surface area contributed by atoms with Crippen LogP contribution in [0.1, 0.15) is 44.9 Å². The van der Waals surface area contributed by atoms with E-state index >= 15 is 0 Å². The fourth-order valence-electron chi connectivity index (χ4n) is 4.44. The standard InChI is InChI=1S/C31H34N4O3/c1-31(2,3)38-30(36)35-18-7-10-22(17-19-35)20-25-13-16-27-29(32-25)34-28(33-27)24-11-14-26(15-12-24)37-21-23-8-5-4-6-9-23/h4-6,8-16H,7,17-21H2,1-3H3,(H,32,33,34). The molecular formula is C31H34N4O3.